The summed E-state index contributed by atoms with van der Waals surface area (Å²) < 4.78 is 1.20. The van der Waals surface area contributed by atoms with E-state index in [-0.39, 0.29) is 18.0 Å². The summed E-state index contributed by atoms with van der Waals surface area (Å²) in [7, 11) is 1.68. The zero-order chi connectivity index (χ0) is 15.3. The van der Waals surface area contributed by atoms with Gasteiger partial charge in [-0.2, -0.15) is 0 Å². The molecule has 1 rings (SSSR count). The monoisotopic (exact) mass is 280 g/mol. The molecule has 0 radical (unpaired) electrons. The molecule has 1 heterocycles. The minimum Gasteiger partial charge on any atom is -0.477 e. The van der Waals surface area contributed by atoms with Gasteiger partial charge < -0.3 is 14.6 Å². The van der Waals surface area contributed by atoms with E-state index in [1.54, 1.807) is 18.9 Å². The molecule has 0 bridgehead atoms. The first-order valence-electron chi connectivity index (χ1n) is 6.56. The number of carbonyl (C=O) groups excluding carboxylic acids is 1. The van der Waals surface area contributed by atoms with Crippen molar-refractivity contribution >= 4 is 11.9 Å². The van der Waals surface area contributed by atoms with E-state index < -0.39 is 11.5 Å². The minimum atomic E-state index is -1.28. The van der Waals surface area contributed by atoms with E-state index in [2.05, 4.69) is 0 Å². The predicted octanol–water partition coefficient (Wildman–Crippen LogP) is 1.11. The average Bonchev–Trinajstić information content (AvgIpc) is 2.39. The van der Waals surface area contributed by atoms with E-state index in [0.29, 0.717) is 12.2 Å². The summed E-state index contributed by atoms with van der Waals surface area (Å²) in [5.74, 6) is -1.48. The first-order valence-corrected chi connectivity index (χ1v) is 6.56. The molecular formula is C14H20N2O4. The molecule has 0 aliphatic heterocycles. The molecule has 20 heavy (non-hydrogen) atoms. The quantitative estimate of drug-likeness (QED) is 0.846. The Morgan fingerprint density at radius 2 is 2.00 bits per heavy atom. The molecule has 0 aliphatic carbocycles. The highest BCUT2D eigenvalue weighted by atomic mass is 16.4. The molecule has 0 atom stereocenters. The van der Waals surface area contributed by atoms with Crippen molar-refractivity contribution in [1.29, 1.82) is 0 Å². The van der Waals surface area contributed by atoms with Crippen LogP contribution >= 0.6 is 0 Å². The van der Waals surface area contributed by atoms with Gasteiger partial charge in [-0.1, -0.05) is 13.3 Å². The van der Waals surface area contributed by atoms with Gasteiger partial charge in [-0.15, -0.1) is 0 Å². The van der Waals surface area contributed by atoms with Crippen molar-refractivity contribution in [1.82, 2.24) is 9.47 Å². The molecule has 0 aromatic carbocycles. The average molecular weight is 280 g/mol. The zero-order valence-corrected chi connectivity index (χ0v) is 12.0. The van der Waals surface area contributed by atoms with Crippen LogP contribution < -0.4 is 5.56 Å². The number of hydrogen-bond acceptors (Lipinski definition) is 3. The predicted molar refractivity (Wildman–Crippen MR) is 74.9 cm³/mol. The number of carboxylic acids is 1. The van der Waals surface area contributed by atoms with Gasteiger partial charge in [-0.3, -0.25) is 9.59 Å². The van der Waals surface area contributed by atoms with Gasteiger partial charge in [0, 0.05) is 19.3 Å². The fourth-order valence-electron chi connectivity index (χ4n) is 1.81. The second kappa shape index (κ2) is 6.88. The van der Waals surface area contributed by atoms with E-state index >= 15 is 0 Å². The molecule has 6 heteroatoms. The molecule has 1 aromatic rings. The zero-order valence-electron chi connectivity index (χ0n) is 12.0. The van der Waals surface area contributed by atoms with Crippen molar-refractivity contribution in [2.24, 2.45) is 0 Å². The van der Waals surface area contributed by atoms with Gasteiger partial charge in [-0.05, 0) is 25.5 Å². The normalized spacial score (nSPS) is 10.3. The van der Waals surface area contributed by atoms with Gasteiger partial charge in [-0.25, -0.2) is 4.79 Å². The molecule has 0 saturated carbocycles. The molecule has 0 spiro atoms. The smallest absolute Gasteiger partial charge is 0.341 e. The fourth-order valence-corrected chi connectivity index (χ4v) is 1.81. The highest BCUT2D eigenvalue weighted by molar-refractivity contribution is 5.87. The SMILES string of the molecule is CCCCN(C)C(=O)Cn1c(C)ccc(C(=O)O)c1=O. The fraction of sp³-hybridized carbons (Fsp3) is 0.500. The van der Waals surface area contributed by atoms with Gasteiger partial charge in [0.1, 0.15) is 12.1 Å². The molecule has 0 saturated heterocycles. The third kappa shape index (κ3) is 3.69. The van der Waals surface area contributed by atoms with Crippen molar-refractivity contribution in [3.8, 4) is 0 Å². The number of carbonyl (C=O) groups is 2. The first-order chi connectivity index (χ1) is 9.38. The lowest BCUT2D eigenvalue weighted by atomic mass is 10.2. The summed E-state index contributed by atoms with van der Waals surface area (Å²) in [6.45, 7) is 4.20. The Kier molecular flexibility index (Phi) is 5.49. The number of carboxylic acid groups (broad SMARTS) is 1. The summed E-state index contributed by atoms with van der Waals surface area (Å²) in [6, 6.07) is 2.80. The van der Waals surface area contributed by atoms with E-state index in [9.17, 15) is 14.4 Å². The molecule has 6 nitrogen and oxygen atoms in total. The molecule has 1 aromatic heterocycles. The van der Waals surface area contributed by atoms with Gasteiger partial charge in [0.15, 0.2) is 0 Å². The number of likely N-dealkylation sites (N-methyl/N-ethyl adjacent to an activating group) is 1. The van der Waals surface area contributed by atoms with Crippen molar-refractivity contribution in [2.45, 2.75) is 33.2 Å². The number of unbranched alkanes of at least 4 members (excludes halogenated alkanes) is 1. The maximum atomic E-state index is 12.0. The number of pyridine rings is 1. The Bertz CT molecular complexity index is 563. The Labute approximate surface area is 117 Å². The van der Waals surface area contributed by atoms with Crippen molar-refractivity contribution in [3.63, 3.8) is 0 Å². The Hall–Kier alpha value is -2.11. The van der Waals surface area contributed by atoms with Crippen molar-refractivity contribution < 1.29 is 14.7 Å². The number of hydrogen-bond donors (Lipinski definition) is 1. The number of amides is 1. The van der Waals surface area contributed by atoms with Crippen LogP contribution in [-0.2, 0) is 11.3 Å². The molecular weight excluding hydrogens is 260 g/mol. The number of rotatable bonds is 6. The maximum Gasteiger partial charge on any atom is 0.341 e. The Morgan fingerprint density at radius 3 is 2.55 bits per heavy atom. The van der Waals surface area contributed by atoms with Gasteiger partial charge >= 0.3 is 5.97 Å². The van der Waals surface area contributed by atoms with E-state index in [4.69, 9.17) is 5.11 Å². The van der Waals surface area contributed by atoms with Crippen LogP contribution in [0.1, 0.15) is 35.8 Å². The van der Waals surface area contributed by atoms with Crippen LogP contribution in [0.4, 0.5) is 0 Å². The highest BCUT2D eigenvalue weighted by Gasteiger charge is 2.16. The van der Waals surface area contributed by atoms with Crippen molar-refractivity contribution in [3.05, 3.63) is 33.7 Å². The van der Waals surface area contributed by atoms with E-state index in [0.717, 1.165) is 12.8 Å². The lowest BCUT2D eigenvalue weighted by Gasteiger charge is -2.18. The van der Waals surface area contributed by atoms with Crippen LogP contribution in [0.25, 0.3) is 0 Å². The van der Waals surface area contributed by atoms with Crippen LogP contribution in [-0.4, -0.2) is 40.0 Å². The van der Waals surface area contributed by atoms with Gasteiger partial charge in [0.2, 0.25) is 5.91 Å². The molecule has 1 N–H and O–H groups in total. The lowest BCUT2D eigenvalue weighted by Crippen LogP contribution is -2.36. The van der Waals surface area contributed by atoms with Crippen LogP contribution in [0, 0.1) is 6.92 Å². The van der Waals surface area contributed by atoms with Crippen LogP contribution in [0.15, 0.2) is 16.9 Å². The lowest BCUT2D eigenvalue weighted by molar-refractivity contribution is -0.130. The second-order valence-corrected chi connectivity index (χ2v) is 4.75. The first kappa shape index (κ1) is 15.9. The summed E-state index contributed by atoms with van der Waals surface area (Å²) in [6.07, 6.45) is 1.87. The molecule has 0 fully saturated rings. The summed E-state index contributed by atoms with van der Waals surface area (Å²) in [5.41, 5.74) is -0.397. The second-order valence-electron chi connectivity index (χ2n) is 4.75. The van der Waals surface area contributed by atoms with E-state index in [1.165, 1.54) is 16.7 Å². The maximum absolute atomic E-state index is 12.0. The topological polar surface area (TPSA) is 79.6 Å². The number of aryl methyl sites for hydroxylation is 1. The molecule has 0 aliphatic rings. The minimum absolute atomic E-state index is 0.133. The van der Waals surface area contributed by atoms with Gasteiger partial charge in [0.05, 0.1) is 0 Å². The van der Waals surface area contributed by atoms with Crippen LogP contribution in [0.3, 0.4) is 0 Å². The molecule has 0 unspecified atom stereocenters. The third-order valence-electron chi connectivity index (χ3n) is 3.19. The summed E-state index contributed by atoms with van der Waals surface area (Å²) >= 11 is 0. The van der Waals surface area contributed by atoms with Crippen LogP contribution in [0.2, 0.25) is 0 Å². The Morgan fingerprint density at radius 1 is 1.35 bits per heavy atom. The summed E-state index contributed by atoms with van der Waals surface area (Å²) in [5, 5.41) is 8.93. The summed E-state index contributed by atoms with van der Waals surface area (Å²) in [4.78, 5) is 36.5. The number of aromatic nitrogens is 1. The van der Waals surface area contributed by atoms with E-state index in [1.807, 2.05) is 6.92 Å². The standard InChI is InChI=1S/C14H20N2O4/c1-4-5-8-15(3)12(17)9-16-10(2)6-7-11(13(16)18)14(19)20/h6-7H,4-5,8-9H2,1-3H3,(H,19,20). The van der Waals surface area contributed by atoms with Crippen LogP contribution in [0.5, 0.6) is 0 Å². The number of nitrogens with zero attached hydrogens (tertiary/aromatic N) is 2. The molecule has 110 valence electrons. The van der Waals surface area contributed by atoms with Crippen molar-refractivity contribution in [2.75, 3.05) is 13.6 Å². The highest BCUT2D eigenvalue weighted by Crippen LogP contribution is 2.01. The Balaban J connectivity index is 2.98. The number of aromatic carboxylic acids is 1. The largest absolute Gasteiger partial charge is 0.477 e. The molecule has 1 amide bonds. The van der Waals surface area contributed by atoms with Gasteiger partial charge in [0.25, 0.3) is 5.56 Å². The third-order valence-corrected chi connectivity index (χ3v) is 3.19.